The van der Waals surface area contributed by atoms with Gasteiger partial charge in [-0.1, -0.05) is 12.2 Å². The SMILES string of the molecule is CCNc1ccc(C(F)(F)F)c(C(N)=S)c1. The molecule has 3 N–H and O–H groups in total. The van der Waals surface area contributed by atoms with Gasteiger partial charge in [0.05, 0.1) is 5.56 Å². The smallest absolute Gasteiger partial charge is 0.389 e. The lowest BCUT2D eigenvalue weighted by molar-refractivity contribution is -0.137. The number of anilines is 1. The van der Waals surface area contributed by atoms with Crippen molar-refractivity contribution in [3.8, 4) is 0 Å². The number of hydrogen-bond acceptors (Lipinski definition) is 2. The van der Waals surface area contributed by atoms with Gasteiger partial charge in [-0.3, -0.25) is 0 Å². The Morgan fingerprint density at radius 1 is 1.44 bits per heavy atom. The molecule has 6 heteroatoms. The average Bonchev–Trinajstić information content (AvgIpc) is 2.16. The lowest BCUT2D eigenvalue weighted by Gasteiger charge is -2.13. The quantitative estimate of drug-likeness (QED) is 0.808. The Kier molecular flexibility index (Phi) is 3.74. The highest BCUT2D eigenvalue weighted by molar-refractivity contribution is 7.80. The molecular formula is C10H11F3N2S. The summed E-state index contributed by atoms with van der Waals surface area (Å²) in [7, 11) is 0. The Hall–Kier alpha value is -1.30. The number of nitrogens with one attached hydrogen (secondary N) is 1. The third-order valence-corrected chi connectivity index (χ3v) is 2.19. The van der Waals surface area contributed by atoms with Crippen LogP contribution in [0, 0.1) is 0 Å². The third-order valence-electron chi connectivity index (χ3n) is 1.97. The third kappa shape index (κ3) is 2.85. The van der Waals surface area contributed by atoms with Crippen molar-refractivity contribution in [1.29, 1.82) is 0 Å². The van der Waals surface area contributed by atoms with Crippen LogP contribution in [0.15, 0.2) is 18.2 Å². The van der Waals surface area contributed by atoms with Gasteiger partial charge in [-0.2, -0.15) is 13.2 Å². The van der Waals surface area contributed by atoms with Gasteiger partial charge in [0.25, 0.3) is 0 Å². The number of halogens is 3. The van der Waals surface area contributed by atoms with Gasteiger partial charge in [-0.05, 0) is 25.1 Å². The molecule has 0 aromatic heterocycles. The van der Waals surface area contributed by atoms with Crippen LogP contribution in [0.1, 0.15) is 18.1 Å². The molecule has 16 heavy (non-hydrogen) atoms. The van der Waals surface area contributed by atoms with E-state index in [2.05, 4.69) is 17.5 Å². The predicted molar refractivity (Wildman–Crippen MR) is 61.5 cm³/mol. The van der Waals surface area contributed by atoms with Crippen LogP contribution in [0.2, 0.25) is 0 Å². The molecular weight excluding hydrogens is 237 g/mol. The summed E-state index contributed by atoms with van der Waals surface area (Å²) < 4.78 is 37.8. The molecule has 0 amide bonds. The van der Waals surface area contributed by atoms with Crippen molar-refractivity contribution >= 4 is 22.9 Å². The zero-order valence-electron chi connectivity index (χ0n) is 8.56. The van der Waals surface area contributed by atoms with Gasteiger partial charge in [-0.15, -0.1) is 0 Å². The van der Waals surface area contributed by atoms with E-state index in [0.29, 0.717) is 12.2 Å². The second-order valence-corrected chi connectivity index (χ2v) is 3.59. The van der Waals surface area contributed by atoms with Gasteiger partial charge in [0.15, 0.2) is 0 Å². The molecule has 0 aliphatic heterocycles. The van der Waals surface area contributed by atoms with E-state index in [-0.39, 0.29) is 10.6 Å². The molecule has 0 fully saturated rings. The molecule has 0 unspecified atom stereocenters. The maximum absolute atomic E-state index is 12.6. The molecule has 2 nitrogen and oxygen atoms in total. The Morgan fingerprint density at radius 3 is 2.50 bits per heavy atom. The standard InChI is InChI=1S/C10H11F3N2S/c1-2-15-6-3-4-8(10(11,12)13)7(5-6)9(14)16/h3-5,15H,2H2,1H3,(H2,14,16). The van der Waals surface area contributed by atoms with E-state index >= 15 is 0 Å². The van der Waals surface area contributed by atoms with Crippen LogP contribution in [-0.4, -0.2) is 11.5 Å². The van der Waals surface area contributed by atoms with Gasteiger partial charge in [0, 0.05) is 17.8 Å². The first-order chi connectivity index (χ1) is 7.36. The van der Waals surface area contributed by atoms with Crippen molar-refractivity contribution in [2.24, 2.45) is 5.73 Å². The maximum Gasteiger partial charge on any atom is 0.417 e. The van der Waals surface area contributed by atoms with E-state index in [1.807, 2.05) is 6.92 Å². The Labute approximate surface area is 96.6 Å². The fraction of sp³-hybridized carbons (Fsp3) is 0.300. The van der Waals surface area contributed by atoms with Gasteiger partial charge in [0.2, 0.25) is 0 Å². The molecule has 0 radical (unpaired) electrons. The molecule has 1 rings (SSSR count). The lowest BCUT2D eigenvalue weighted by Crippen LogP contribution is -2.18. The van der Waals surface area contributed by atoms with Crippen LogP contribution in [0.3, 0.4) is 0 Å². The molecule has 0 saturated carbocycles. The van der Waals surface area contributed by atoms with Gasteiger partial charge < -0.3 is 11.1 Å². The minimum Gasteiger partial charge on any atom is -0.389 e. The summed E-state index contributed by atoms with van der Waals surface area (Å²) in [6, 6.07) is 3.65. The van der Waals surface area contributed by atoms with Crippen molar-refractivity contribution in [3.63, 3.8) is 0 Å². The van der Waals surface area contributed by atoms with Crippen LogP contribution >= 0.6 is 12.2 Å². The minimum atomic E-state index is -4.44. The van der Waals surface area contributed by atoms with Crippen molar-refractivity contribution in [3.05, 3.63) is 29.3 Å². The molecule has 0 aliphatic rings. The molecule has 1 aromatic rings. The highest BCUT2D eigenvalue weighted by Gasteiger charge is 2.33. The second-order valence-electron chi connectivity index (χ2n) is 3.15. The van der Waals surface area contributed by atoms with Crippen molar-refractivity contribution < 1.29 is 13.2 Å². The summed E-state index contributed by atoms with van der Waals surface area (Å²) in [6.45, 7) is 2.46. The average molecular weight is 248 g/mol. The summed E-state index contributed by atoms with van der Waals surface area (Å²) in [5, 5.41) is 2.90. The molecule has 0 aliphatic carbocycles. The Balaban J connectivity index is 3.25. The number of nitrogens with two attached hydrogens (primary N) is 1. The van der Waals surface area contributed by atoms with Gasteiger partial charge in [-0.25, -0.2) is 0 Å². The summed E-state index contributed by atoms with van der Waals surface area (Å²) in [5.41, 5.74) is 4.89. The first-order valence-electron chi connectivity index (χ1n) is 4.61. The molecule has 1 aromatic carbocycles. The van der Waals surface area contributed by atoms with E-state index in [9.17, 15) is 13.2 Å². The summed E-state index contributed by atoms with van der Waals surface area (Å²) in [4.78, 5) is -0.257. The highest BCUT2D eigenvalue weighted by atomic mass is 32.1. The normalized spacial score (nSPS) is 11.2. The molecule has 0 heterocycles. The summed E-state index contributed by atoms with van der Waals surface area (Å²) >= 11 is 4.61. The van der Waals surface area contributed by atoms with E-state index in [4.69, 9.17) is 5.73 Å². The summed E-state index contributed by atoms with van der Waals surface area (Å²) in [5.74, 6) is 0. The van der Waals surface area contributed by atoms with Crippen LogP contribution in [0.25, 0.3) is 0 Å². The van der Waals surface area contributed by atoms with Crippen LogP contribution in [0.5, 0.6) is 0 Å². The van der Waals surface area contributed by atoms with E-state index in [1.54, 1.807) is 0 Å². The van der Waals surface area contributed by atoms with Crippen LogP contribution in [0.4, 0.5) is 18.9 Å². The fourth-order valence-corrected chi connectivity index (χ4v) is 1.48. The van der Waals surface area contributed by atoms with Crippen LogP contribution < -0.4 is 11.1 Å². The first kappa shape index (κ1) is 12.8. The zero-order valence-corrected chi connectivity index (χ0v) is 9.38. The van der Waals surface area contributed by atoms with Gasteiger partial charge >= 0.3 is 6.18 Å². The maximum atomic E-state index is 12.6. The molecule has 88 valence electrons. The number of hydrogen-bond donors (Lipinski definition) is 2. The zero-order chi connectivity index (χ0) is 12.3. The lowest BCUT2D eigenvalue weighted by atomic mass is 10.1. The van der Waals surface area contributed by atoms with E-state index in [0.717, 1.165) is 6.07 Å². The summed E-state index contributed by atoms with van der Waals surface area (Å²) in [6.07, 6.45) is -4.44. The molecule has 0 spiro atoms. The molecule has 0 atom stereocenters. The molecule has 0 saturated heterocycles. The molecule has 0 bridgehead atoms. The Bertz CT molecular complexity index is 402. The van der Waals surface area contributed by atoms with E-state index in [1.165, 1.54) is 12.1 Å². The number of thiocarbonyl (C=S) groups is 1. The number of alkyl halides is 3. The number of benzene rings is 1. The second kappa shape index (κ2) is 4.69. The van der Waals surface area contributed by atoms with Crippen molar-refractivity contribution in [1.82, 2.24) is 0 Å². The van der Waals surface area contributed by atoms with Crippen molar-refractivity contribution in [2.45, 2.75) is 13.1 Å². The largest absolute Gasteiger partial charge is 0.417 e. The topological polar surface area (TPSA) is 38.0 Å². The highest BCUT2D eigenvalue weighted by Crippen LogP contribution is 2.33. The Morgan fingerprint density at radius 2 is 2.06 bits per heavy atom. The van der Waals surface area contributed by atoms with Gasteiger partial charge in [0.1, 0.15) is 4.99 Å². The fourth-order valence-electron chi connectivity index (χ4n) is 1.31. The van der Waals surface area contributed by atoms with E-state index < -0.39 is 11.7 Å². The van der Waals surface area contributed by atoms with Crippen molar-refractivity contribution in [2.75, 3.05) is 11.9 Å². The first-order valence-corrected chi connectivity index (χ1v) is 5.02. The number of rotatable bonds is 3. The minimum absolute atomic E-state index is 0.152. The van der Waals surface area contributed by atoms with Crippen LogP contribution in [-0.2, 0) is 6.18 Å². The monoisotopic (exact) mass is 248 g/mol. The predicted octanol–water partition coefficient (Wildman–Crippen LogP) is 2.77.